The van der Waals surface area contributed by atoms with Crippen molar-refractivity contribution < 1.29 is 0 Å². The number of thiocarbonyl (C=S) groups is 1. The van der Waals surface area contributed by atoms with Gasteiger partial charge in [-0.3, -0.25) is 0 Å². The van der Waals surface area contributed by atoms with E-state index in [1.54, 1.807) is 0 Å². The van der Waals surface area contributed by atoms with Crippen LogP contribution in [0, 0.1) is 16.7 Å². The minimum Gasteiger partial charge on any atom is -0.393 e. The van der Waals surface area contributed by atoms with Gasteiger partial charge in [-0.15, -0.1) is 0 Å². The highest BCUT2D eigenvalue weighted by molar-refractivity contribution is 7.80. The monoisotopic (exact) mass is 241 g/mol. The van der Waals surface area contributed by atoms with Gasteiger partial charge in [0, 0.05) is 5.41 Å². The highest BCUT2D eigenvalue weighted by Crippen LogP contribution is 2.33. The molecule has 0 saturated carbocycles. The molecular formula is C14H27NS. The number of hydrogen-bond donors (Lipinski definition) is 1. The standard InChI is InChI=1S/C9H16.C5H11NS/c1-8-5-4-6-9(2,3)7-8;1-5(2,3)4(6)7/h4-5,8H,6-7H2,1-3H3;1-3H3,(H2,6,7). The average molecular weight is 241 g/mol. The second kappa shape index (κ2) is 5.81. The lowest BCUT2D eigenvalue weighted by atomic mass is 9.77. The highest BCUT2D eigenvalue weighted by Gasteiger charge is 2.21. The summed E-state index contributed by atoms with van der Waals surface area (Å²) in [5, 5.41) is 0. The third-order valence-corrected chi connectivity index (χ3v) is 3.36. The molecule has 1 aliphatic rings. The van der Waals surface area contributed by atoms with Crippen molar-refractivity contribution in [1.82, 2.24) is 0 Å². The summed E-state index contributed by atoms with van der Waals surface area (Å²) in [6.07, 6.45) is 7.25. The molecule has 0 fully saturated rings. The van der Waals surface area contributed by atoms with Gasteiger partial charge in [0.05, 0.1) is 4.99 Å². The number of rotatable bonds is 0. The molecule has 0 saturated heterocycles. The Kier molecular flexibility index (Phi) is 5.67. The fraction of sp³-hybridized carbons (Fsp3) is 0.786. The molecule has 1 aliphatic carbocycles. The second-order valence-electron chi connectivity index (χ2n) is 6.59. The molecule has 1 nitrogen and oxygen atoms in total. The lowest BCUT2D eigenvalue weighted by Gasteiger charge is -2.29. The predicted octanol–water partition coefficient (Wildman–Crippen LogP) is 4.32. The summed E-state index contributed by atoms with van der Waals surface area (Å²) in [5.74, 6) is 0.800. The normalized spacial score (nSPS) is 23.2. The van der Waals surface area contributed by atoms with Crippen LogP contribution in [0.15, 0.2) is 12.2 Å². The summed E-state index contributed by atoms with van der Waals surface area (Å²) in [6, 6.07) is 0. The number of hydrogen-bond acceptors (Lipinski definition) is 1. The van der Waals surface area contributed by atoms with Crippen molar-refractivity contribution in [2.24, 2.45) is 22.5 Å². The van der Waals surface area contributed by atoms with E-state index in [4.69, 9.17) is 18.0 Å². The zero-order chi connectivity index (χ0) is 13.0. The summed E-state index contributed by atoms with van der Waals surface area (Å²) >= 11 is 4.71. The van der Waals surface area contributed by atoms with E-state index in [1.165, 1.54) is 12.8 Å². The topological polar surface area (TPSA) is 26.0 Å². The molecule has 2 heteroatoms. The molecule has 0 spiro atoms. The van der Waals surface area contributed by atoms with Crippen LogP contribution in [0.3, 0.4) is 0 Å². The predicted molar refractivity (Wildman–Crippen MR) is 77.6 cm³/mol. The van der Waals surface area contributed by atoms with Gasteiger partial charge in [0.1, 0.15) is 0 Å². The van der Waals surface area contributed by atoms with Crippen LogP contribution in [0.25, 0.3) is 0 Å². The lowest BCUT2D eigenvalue weighted by molar-refractivity contribution is 0.289. The fourth-order valence-electron chi connectivity index (χ4n) is 1.64. The summed E-state index contributed by atoms with van der Waals surface area (Å²) in [5.41, 5.74) is 5.87. The first-order chi connectivity index (χ1) is 7.04. The Balaban J connectivity index is 0.000000293. The van der Waals surface area contributed by atoms with Crippen molar-refractivity contribution in [3.05, 3.63) is 12.2 Å². The van der Waals surface area contributed by atoms with E-state index in [0.29, 0.717) is 10.4 Å². The van der Waals surface area contributed by atoms with Crippen LogP contribution < -0.4 is 5.73 Å². The average Bonchev–Trinajstić information content (AvgIpc) is 2.00. The molecule has 0 aromatic heterocycles. The van der Waals surface area contributed by atoms with Crippen LogP contribution in [0.5, 0.6) is 0 Å². The van der Waals surface area contributed by atoms with Crippen LogP contribution in [0.1, 0.15) is 54.4 Å². The van der Waals surface area contributed by atoms with Crippen molar-refractivity contribution in [3.63, 3.8) is 0 Å². The second-order valence-corrected chi connectivity index (χ2v) is 7.03. The van der Waals surface area contributed by atoms with Crippen molar-refractivity contribution >= 4 is 17.2 Å². The summed E-state index contributed by atoms with van der Waals surface area (Å²) in [6.45, 7) is 13.0. The quantitative estimate of drug-likeness (QED) is 0.505. The van der Waals surface area contributed by atoms with Crippen molar-refractivity contribution in [2.75, 3.05) is 0 Å². The number of nitrogens with two attached hydrogens (primary N) is 1. The maximum Gasteiger partial charge on any atom is 0.0781 e. The molecule has 0 amide bonds. The Morgan fingerprint density at radius 2 is 1.81 bits per heavy atom. The number of allylic oxidation sites excluding steroid dienone is 2. The third-order valence-electron chi connectivity index (χ3n) is 2.75. The fourth-order valence-corrected chi connectivity index (χ4v) is 1.64. The van der Waals surface area contributed by atoms with E-state index >= 15 is 0 Å². The molecular weight excluding hydrogens is 214 g/mol. The van der Waals surface area contributed by atoms with Gasteiger partial charge in [-0.1, -0.05) is 65.9 Å². The van der Waals surface area contributed by atoms with Crippen LogP contribution in [-0.4, -0.2) is 4.99 Å². The Morgan fingerprint density at radius 1 is 1.38 bits per heavy atom. The van der Waals surface area contributed by atoms with Gasteiger partial charge in [-0.2, -0.15) is 0 Å². The summed E-state index contributed by atoms with van der Waals surface area (Å²) < 4.78 is 0. The molecule has 94 valence electrons. The molecule has 0 aromatic carbocycles. The van der Waals surface area contributed by atoms with Crippen molar-refractivity contribution in [2.45, 2.75) is 54.4 Å². The Hall–Kier alpha value is -0.370. The van der Waals surface area contributed by atoms with Crippen LogP contribution in [0.2, 0.25) is 0 Å². The van der Waals surface area contributed by atoms with E-state index < -0.39 is 0 Å². The first-order valence-corrected chi connectivity index (χ1v) is 6.42. The Labute approximate surface area is 106 Å². The Bertz CT molecular complexity index is 258. The first-order valence-electron chi connectivity index (χ1n) is 6.01. The van der Waals surface area contributed by atoms with Crippen LogP contribution in [-0.2, 0) is 0 Å². The van der Waals surface area contributed by atoms with E-state index in [0.717, 1.165) is 5.92 Å². The molecule has 0 radical (unpaired) electrons. The molecule has 1 rings (SSSR count). The SMILES string of the molecule is CC(C)(C)C(N)=S.CC1C=CCC(C)(C)C1. The maximum absolute atomic E-state index is 5.30. The van der Waals surface area contributed by atoms with Gasteiger partial charge < -0.3 is 5.73 Å². The van der Waals surface area contributed by atoms with Crippen LogP contribution in [0.4, 0.5) is 0 Å². The van der Waals surface area contributed by atoms with E-state index in [2.05, 4.69) is 32.9 Å². The van der Waals surface area contributed by atoms with E-state index in [-0.39, 0.29) is 5.41 Å². The molecule has 0 aliphatic heterocycles. The molecule has 1 atom stereocenters. The Morgan fingerprint density at radius 3 is 2.00 bits per heavy atom. The molecule has 0 bridgehead atoms. The molecule has 0 heterocycles. The molecule has 1 unspecified atom stereocenters. The molecule has 0 aromatic rings. The zero-order valence-corrected chi connectivity index (χ0v) is 12.4. The smallest absolute Gasteiger partial charge is 0.0781 e. The van der Waals surface area contributed by atoms with E-state index in [9.17, 15) is 0 Å². The van der Waals surface area contributed by atoms with Gasteiger partial charge in [0.25, 0.3) is 0 Å². The van der Waals surface area contributed by atoms with E-state index in [1.807, 2.05) is 20.8 Å². The van der Waals surface area contributed by atoms with Crippen LogP contribution >= 0.6 is 12.2 Å². The zero-order valence-electron chi connectivity index (χ0n) is 11.6. The summed E-state index contributed by atoms with van der Waals surface area (Å²) in [4.78, 5) is 0.576. The molecule has 16 heavy (non-hydrogen) atoms. The van der Waals surface area contributed by atoms with Crippen molar-refractivity contribution in [3.8, 4) is 0 Å². The third kappa shape index (κ3) is 7.00. The highest BCUT2D eigenvalue weighted by atomic mass is 32.1. The van der Waals surface area contributed by atoms with Crippen molar-refractivity contribution in [1.29, 1.82) is 0 Å². The summed E-state index contributed by atoms with van der Waals surface area (Å²) in [7, 11) is 0. The van der Waals surface area contributed by atoms with Gasteiger partial charge in [0.15, 0.2) is 0 Å². The van der Waals surface area contributed by atoms with Gasteiger partial charge in [-0.25, -0.2) is 0 Å². The van der Waals surface area contributed by atoms with Gasteiger partial charge in [0.2, 0.25) is 0 Å². The minimum absolute atomic E-state index is 0.00926. The van der Waals surface area contributed by atoms with Gasteiger partial charge in [-0.05, 0) is 24.2 Å². The maximum atomic E-state index is 5.30. The van der Waals surface area contributed by atoms with Gasteiger partial charge >= 0.3 is 0 Å². The molecule has 2 N–H and O–H groups in total. The lowest BCUT2D eigenvalue weighted by Crippen LogP contribution is -2.25. The largest absolute Gasteiger partial charge is 0.393 e. The minimum atomic E-state index is 0.00926. The first kappa shape index (κ1) is 15.6.